The van der Waals surface area contributed by atoms with E-state index in [-0.39, 0.29) is 17.2 Å². The minimum Gasteiger partial charge on any atom is -0.439 e. The maximum absolute atomic E-state index is 12.7. The average molecular weight is 414 g/mol. The van der Waals surface area contributed by atoms with Crippen LogP contribution in [0, 0.1) is 13.8 Å². The number of pyridine rings is 1. The molecule has 0 unspecified atom stereocenters. The summed E-state index contributed by atoms with van der Waals surface area (Å²) >= 11 is 0. The SMILES string of the molecule is Cc1nc(Oc2ccc(C(F)(F)F)cc2)cc(-c2c(C)[nH]c3ccc(=O)n(C)c23)n1. The number of aromatic amines is 1. The Labute approximate surface area is 169 Å². The third kappa shape index (κ3) is 3.54. The number of hydrogen-bond donors (Lipinski definition) is 1. The molecule has 0 aliphatic rings. The number of aryl methyl sites for hydroxylation is 3. The van der Waals surface area contributed by atoms with Gasteiger partial charge in [0.25, 0.3) is 5.56 Å². The zero-order valence-electron chi connectivity index (χ0n) is 16.3. The molecular weight excluding hydrogens is 397 g/mol. The molecule has 4 aromatic rings. The van der Waals surface area contributed by atoms with E-state index in [9.17, 15) is 18.0 Å². The second kappa shape index (κ2) is 7.01. The number of nitrogens with one attached hydrogen (secondary N) is 1. The van der Waals surface area contributed by atoms with E-state index in [1.807, 2.05) is 6.92 Å². The lowest BCUT2D eigenvalue weighted by atomic mass is 10.1. The highest BCUT2D eigenvalue weighted by atomic mass is 19.4. The van der Waals surface area contributed by atoms with Crippen LogP contribution in [0.4, 0.5) is 13.2 Å². The number of alkyl halides is 3. The molecule has 6 nitrogen and oxygen atoms in total. The number of aromatic nitrogens is 4. The van der Waals surface area contributed by atoms with E-state index in [2.05, 4.69) is 15.0 Å². The van der Waals surface area contributed by atoms with E-state index in [1.165, 1.54) is 22.8 Å². The van der Waals surface area contributed by atoms with Crippen molar-refractivity contribution in [3.63, 3.8) is 0 Å². The maximum Gasteiger partial charge on any atom is 0.416 e. The van der Waals surface area contributed by atoms with Crippen molar-refractivity contribution >= 4 is 11.0 Å². The number of hydrogen-bond acceptors (Lipinski definition) is 4. The first-order chi connectivity index (χ1) is 14.1. The normalized spacial score (nSPS) is 11.8. The van der Waals surface area contributed by atoms with Crippen LogP contribution in [0.5, 0.6) is 11.6 Å². The predicted octanol–water partition coefficient (Wildman–Crippen LogP) is 4.75. The van der Waals surface area contributed by atoms with E-state index < -0.39 is 11.7 Å². The third-order valence-electron chi connectivity index (χ3n) is 4.72. The first-order valence-electron chi connectivity index (χ1n) is 9.03. The van der Waals surface area contributed by atoms with Crippen LogP contribution < -0.4 is 10.3 Å². The molecule has 3 aromatic heterocycles. The molecule has 30 heavy (non-hydrogen) atoms. The van der Waals surface area contributed by atoms with Gasteiger partial charge in [0.2, 0.25) is 5.88 Å². The van der Waals surface area contributed by atoms with Crippen LogP contribution in [-0.4, -0.2) is 19.5 Å². The van der Waals surface area contributed by atoms with E-state index in [1.54, 1.807) is 26.1 Å². The van der Waals surface area contributed by atoms with Crippen LogP contribution in [0.15, 0.2) is 47.3 Å². The summed E-state index contributed by atoms with van der Waals surface area (Å²) in [5.41, 5.74) is 2.64. The standard InChI is InChI=1S/C21H17F3N4O2/c1-11-19(20-15(25-11)8-9-18(29)28(20)3)16-10-17(27-12(2)26-16)30-14-6-4-13(5-7-14)21(22,23)24/h4-10,25H,1-3H3. The fraction of sp³-hybridized carbons (Fsp3) is 0.190. The lowest BCUT2D eigenvalue weighted by Gasteiger charge is -2.10. The van der Waals surface area contributed by atoms with E-state index in [0.717, 1.165) is 28.9 Å². The highest BCUT2D eigenvalue weighted by Crippen LogP contribution is 2.34. The smallest absolute Gasteiger partial charge is 0.416 e. The van der Waals surface area contributed by atoms with E-state index in [0.29, 0.717) is 17.0 Å². The number of benzene rings is 1. The number of halogens is 3. The van der Waals surface area contributed by atoms with Crippen LogP contribution in [0.25, 0.3) is 22.3 Å². The van der Waals surface area contributed by atoms with Gasteiger partial charge in [0, 0.05) is 30.4 Å². The summed E-state index contributed by atoms with van der Waals surface area (Å²) in [6.45, 7) is 3.56. The molecule has 0 spiro atoms. The second-order valence-corrected chi connectivity index (χ2v) is 6.88. The Hall–Kier alpha value is -3.62. The van der Waals surface area contributed by atoms with Gasteiger partial charge in [0.15, 0.2) is 0 Å². The van der Waals surface area contributed by atoms with Crippen molar-refractivity contribution in [3.8, 4) is 22.9 Å². The fourth-order valence-corrected chi connectivity index (χ4v) is 3.35. The van der Waals surface area contributed by atoms with Crippen LogP contribution in [0.3, 0.4) is 0 Å². The summed E-state index contributed by atoms with van der Waals surface area (Å²) in [5.74, 6) is 0.825. The number of ether oxygens (including phenoxy) is 1. The Morgan fingerprint density at radius 2 is 1.73 bits per heavy atom. The Kier molecular flexibility index (Phi) is 4.60. The zero-order chi connectivity index (χ0) is 21.6. The number of nitrogens with zero attached hydrogens (tertiary/aromatic N) is 3. The molecule has 0 aliphatic heterocycles. The Bertz CT molecular complexity index is 1310. The quantitative estimate of drug-likeness (QED) is 0.525. The van der Waals surface area contributed by atoms with Gasteiger partial charge in [-0.25, -0.2) is 4.98 Å². The average Bonchev–Trinajstić information content (AvgIpc) is 3.01. The summed E-state index contributed by atoms with van der Waals surface area (Å²) in [7, 11) is 1.68. The highest BCUT2D eigenvalue weighted by molar-refractivity contribution is 5.93. The zero-order valence-corrected chi connectivity index (χ0v) is 16.3. The topological polar surface area (TPSA) is 72.8 Å². The monoisotopic (exact) mass is 414 g/mol. The van der Waals surface area contributed by atoms with Crippen LogP contribution in [-0.2, 0) is 13.2 Å². The van der Waals surface area contributed by atoms with E-state index in [4.69, 9.17) is 4.74 Å². The van der Waals surface area contributed by atoms with Gasteiger partial charge in [-0.05, 0) is 44.2 Å². The van der Waals surface area contributed by atoms with Crippen molar-refractivity contribution in [2.75, 3.05) is 0 Å². The van der Waals surface area contributed by atoms with Crippen molar-refractivity contribution < 1.29 is 17.9 Å². The van der Waals surface area contributed by atoms with Gasteiger partial charge in [0.1, 0.15) is 11.6 Å². The van der Waals surface area contributed by atoms with E-state index >= 15 is 0 Å². The summed E-state index contributed by atoms with van der Waals surface area (Å²) in [4.78, 5) is 24.0. The predicted molar refractivity (Wildman–Crippen MR) is 106 cm³/mol. The molecule has 3 heterocycles. The maximum atomic E-state index is 12.7. The molecule has 0 amide bonds. The molecule has 0 saturated heterocycles. The number of H-pyrrole nitrogens is 1. The van der Waals surface area contributed by atoms with Gasteiger partial charge >= 0.3 is 6.18 Å². The minimum atomic E-state index is -4.42. The van der Waals surface area contributed by atoms with Crippen molar-refractivity contribution in [3.05, 3.63) is 69.9 Å². The van der Waals surface area contributed by atoms with Gasteiger partial charge in [-0.1, -0.05) is 0 Å². The summed E-state index contributed by atoms with van der Waals surface area (Å²) in [6, 6.07) is 9.15. The molecular formula is C21H17F3N4O2. The summed E-state index contributed by atoms with van der Waals surface area (Å²) in [5, 5.41) is 0. The summed E-state index contributed by atoms with van der Waals surface area (Å²) in [6.07, 6.45) is -4.42. The minimum absolute atomic E-state index is 0.158. The molecule has 0 bridgehead atoms. The van der Waals surface area contributed by atoms with Crippen molar-refractivity contribution in [2.24, 2.45) is 7.05 Å². The molecule has 9 heteroatoms. The molecule has 0 radical (unpaired) electrons. The molecule has 4 rings (SSSR count). The molecule has 1 aromatic carbocycles. The first-order valence-corrected chi connectivity index (χ1v) is 9.03. The number of fused-ring (bicyclic) bond motifs is 1. The van der Waals surface area contributed by atoms with Gasteiger partial charge in [0.05, 0.1) is 22.3 Å². The van der Waals surface area contributed by atoms with Crippen LogP contribution in [0.2, 0.25) is 0 Å². The first kappa shape index (κ1) is 19.7. The van der Waals surface area contributed by atoms with Gasteiger partial charge in [-0.15, -0.1) is 0 Å². The Morgan fingerprint density at radius 3 is 2.40 bits per heavy atom. The molecule has 0 saturated carbocycles. The fourth-order valence-electron chi connectivity index (χ4n) is 3.35. The largest absolute Gasteiger partial charge is 0.439 e. The lowest BCUT2D eigenvalue weighted by Crippen LogP contribution is -2.15. The molecule has 0 fully saturated rings. The third-order valence-corrected chi connectivity index (χ3v) is 4.72. The highest BCUT2D eigenvalue weighted by Gasteiger charge is 2.30. The molecule has 0 atom stereocenters. The molecule has 0 aliphatic carbocycles. The van der Waals surface area contributed by atoms with Crippen molar-refractivity contribution in [2.45, 2.75) is 20.0 Å². The second-order valence-electron chi connectivity index (χ2n) is 6.88. The molecule has 154 valence electrons. The van der Waals surface area contributed by atoms with Gasteiger partial charge < -0.3 is 14.3 Å². The summed E-state index contributed by atoms with van der Waals surface area (Å²) < 4.78 is 45.4. The van der Waals surface area contributed by atoms with Crippen molar-refractivity contribution in [1.82, 2.24) is 19.5 Å². The van der Waals surface area contributed by atoms with Crippen molar-refractivity contribution in [1.29, 1.82) is 0 Å². The number of rotatable bonds is 3. The lowest BCUT2D eigenvalue weighted by molar-refractivity contribution is -0.137. The van der Waals surface area contributed by atoms with Gasteiger partial charge in [-0.2, -0.15) is 18.2 Å². The Morgan fingerprint density at radius 1 is 1.03 bits per heavy atom. The molecule has 1 N–H and O–H groups in total. The van der Waals surface area contributed by atoms with Crippen LogP contribution >= 0.6 is 0 Å². The van der Waals surface area contributed by atoms with Crippen LogP contribution in [0.1, 0.15) is 17.1 Å². The van der Waals surface area contributed by atoms with Gasteiger partial charge in [-0.3, -0.25) is 4.79 Å². The Balaban J connectivity index is 1.77.